The maximum absolute atomic E-state index is 5.64. The van der Waals surface area contributed by atoms with Crippen LogP contribution >= 0.6 is 0 Å². The first kappa shape index (κ1) is 12.2. The van der Waals surface area contributed by atoms with Gasteiger partial charge in [0.2, 0.25) is 0 Å². The Balaban J connectivity index is 1.87. The van der Waals surface area contributed by atoms with Crippen molar-refractivity contribution in [2.45, 2.75) is 13.0 Å². The van der Waals surface area contributed by atoms with Crippen LogP contribution in [0.2, 0.25) is 0 Å². The van der Waals surface area contributed by atoms with Gasteiger partial charge < -0.3 is 19.5 Å². The maximum Gasteiger partial charge on any atom is 0.165 e. The average molecular weight is 237 g/mol. The van der Waals surface area contributed by atoms with E-state index in [1.165, 1.54) is 0 Å². The zero-order valence-corrected chi connectivity index (χ0v) is 10.2. The first-order chi connectivity index (χ1) is 8.42. The first-order valence-corrected chi connectivity index (χ1v) is 5.99. The summed E-state index contributed by atoms with van der Waals surface area (Å²) in [6.45, 7) is 3.81. The lowest BCUT2D eigenvalue weighted by Gasteiger charge is -2.21. The Labute approximate surface area is 102 Å². The predicted octanol–water partition coefficient (Wildman–Crippen LogP) is 1.58. The molecule has 0 aromatic heterocycles. The lowest BCUT2D eigenvalue weighted by atomic mass is 10.1. The third-order valence-corrected chi connectivity index (χ3v) is 2.67. The summed E-state index contributed by atoms with van der Waals surface area (Å²) in [5.74, 6) is 1.74. The molecule has 0 fully saturated rings. The molecule has 0 spiro atoms. The van der Waals surface area contributed by atoms with Crippen molar-refractivity contribution in [3.05, 3.63) is 23.8 Å². The second kappa shape index (κ2) is 6.47. The monoisotopic (exact) mass is 237 g/mol. The highest BCUT2D eigenvalue weighted by Crippen LogP contribution is 2.33. The fourth-order valence-electron chi connectivity index (χ4n) is 1.84. The minimum absolute atomic E-state index is 0.633. The molecule has 0 unspecified atom stereocenters. The molecule has 1 N–H and O–H groups in total. The highest BCUT2D eigenvalue weighted by molar-refractivity contribution is 5.47. The predicted molar refractivity (Wildman–Crippen MR) is 65.6 cm³/mol. The van der Waals surface area contributed by atoms with E-state index in [1.807, 2.05) is 12.1 Å². The molecule has 0 amide bonds. The van der Waals surface area contributed by atoms with Gasteiger partial charge in [0.15, 0.2) is 11.5 Å². The molecule has 1 aromatic carbocycles. The first-order valence-electron chi connectivity index (χ1n) is 5.99. The molecule has 0 radical (unpaired) electrons. The van der Waals surface area contributed by atoms with Crippen LogP contribution in [0, 0.1) is 0 Å². The van der Waals surface area contributed by atoms with Crippen molar-refractivity contribution >= 4 is 0 Å². The number of hydrogen-bond acceptors (Lipinski definition) is 4. The maximum atomic E-state index is 5.64. The van der Waals surface area contributed by atoms with Gasteiger partial charge in [-0.25, -0.2) is 0 Å². The fraction of sp³-hybridized carbons (Fsp3) is 0.538. The van der Waals surface area contributed by atoms with Gasteiger partial charge in [0.1, 0.15) is 13.2 Å². The topological polar surface area (TPSA) is 39.7 Å². The van der Waals surface area contributed by atoms with Gasteiger partial charge in [0.25, 0.3) is 0 Å². The minimum atomic E-state index is 0.633. The molecule has 0 aliphatic carbocycles. The molecule has 1 aliphatic rings. The summed E-state index contributed by atoms with van der Waals surface area (Å²) in [7, 11) is 1.72. The number of hydrogen-bond donors (Lipinski definition) is 1. The highest BCUT2D eigenvalue weighted by atomic mass is 16.6. The number of methoxy groups -OCH3 is 1. The molecule has 4 nitrogen and oxygen atoms in total. The fourth-order valence-corrected chi connectivity index (χ4v) is 1.84. The minimum Gasteiger partial charge on any atom is -0.486 e. The number of ether oxygens (including phenoxy) is 3. The Morgan fingerprint density at radius 2 is 2.18 bits per heavy atom. The third kappa shape index (κ3) is 3.35. The van der Waals surface area contributed by atoms with Crippen LogP contribution in [0.4, 0.5) is 0 Å². The molecule has 2 rings (SSSR count). The van der Waals surface area contributed by atoms with Crippen molar-refractivity contribution in [2.24, 2.45) is 0 Å². The van der Waals surface area contributed by atoms with Crippen molar-refractivity contribution in [3.63, 3.8) is 0 Å². The second-order valence-corrected chi connectivity index (χ2v) is 3.96. The van der Waals surface area contributed by atoms with Crippen LogP contribution in [0.5, 0.6) is 11.5 Å². The molecule has 0 saturated heterocycles. The SMILES string of the molecule is COCCCNCc1cccc2c1OCCO2. The van der Waals surface area contributed by atoms with Crippen molar-refractivity contribution < 1.29 is 14.2 Å². The zero-order chi connectivity index (χ0) is 11.9. The zero-order valence-electron chi connectivity index (χ0n) is 10.2. The smallest absolute Gasteiger partial charge is 0.165 e. The highest BCUT2D eigenvalue weighted by Gasteiger charge is 2.14. The van der Waals surface area contributed by atoms with Gasteiger partial charge in [-0.1, -0.05) is 12.1 Å². The van der Waals surface area contributed by atoms with Gasteiger partial charge >= 0.3 is 0 Å². The van der Waals surface area contributed by atoms with Gasteiger partial charge in [0, 0.05) is 25.8 Å². The normalized spacial score (nSPS) is 13.7. The van der Waals surface area contributed by atoms with Crippen molar-refractivity contribution in [1.29, 1.82) is 0 Å². The Morgan fingerprint density at radius 3 is 3.06 bits per heavy atom. The Bertz CT molecular complexity index is 355. The molecule has 4 heteroatoms. The molecular weight excluding hydrogens is 218 g/mol. The summed E-state index contributed by atoms with van der Waals surface area (Å²) < 4.78 is 16.2. The molecule has 1 aromatic rings. The van der Waals surface area contributed by atoms with Crippen molar-refractivity contribution in [1.82, 2.24) is 5.32 Å². The number of para-hydroxylation sites is 1. The molecule has 94 valence electrons. The molecule has 0 saturated carbocycles. The van der Waals surface area contributed by atoms with E-state index >= 15 is 0 Å². The van der Waals surface area contributed by atoms with Gasteiger partial charge in [0.05, 0.1) is 0 Å². The van der Waals surface area contributed by atoms with E-state index in [9.17, 15) is 0 Å². The molecule has 0 bridgehead atoms. The number of nitrogens with one attached hydrogen (secondary N) is 1. The standard InChI is InChI=1S/C13H19NO3/c1-15-7-3-6-14-10-11-4-2-5-12-13(11)17-9-8-16-12/h2,4-5,14H,3,6-10H2,1H3. The van der Waals surface area contributed by atoms with Gasteiger partial charge in [-0.3, -0.25) is 0 Å². The number of fused-ring (bicyclic) bond motifs is 1. The quantitative estimate of drug-likeness (QED) is 0.763. The van der Waals surface area contributed by atoms with E-state index in [0.29, 0.717) is 13.2 Å². The summed E-state index contributed by atoms with van der Waals surface area (Å²) in [5.41, 5.74) is 1.15. The van der Waals surface area contributed by atoms with Crippen LogP contribution in [-0.4, -0.2) is 33.5 Å². The summed E-state index contributed by atoms with van der Waals surface area (Å²) in [6.07, 6.45) is 1.02. The van der Waals surface area contributed by atoms with Crippen LogP contribution in [-0.2, 0) is 11.3 Å². The average Bonchev–Trinajstić information content (AvgIpc) is 2.39. The summed E-state index contributed by atoms with van der Waals surface area (Å²) in [6, 6.07) is 6.01. The molecule has 0 atom stereocenters. The Hall–Kier alpha value is -1.26. The third-order valence-electron chi connectivity index (χ3n) is 2.67. The lowest BCUT2D eigenvalue weighted by molar-refractivity contribution is 0.169. The molecule has 17 heavy (non-hydrogen) atoms. The van der Waals surface area contributed by atoms with Crippen molar-refractivity contribution in [2.75, 3.05) is 33.5 Å². The van der Waals surface area contributed by atoms with E-state index in [1.54, 1.807) is 7.11 Å². The molecular formula is C13H19NO3. The lowest BCUT2D eigenvalue weighted by Crippen LogP contribution is -2.20. The van der Waals surface area contributed by atoms with Crippen LogP contribution in [0.1, 0.15) is 12.0 Å². The largest absolute Gasteiger partial charge is 0.486 e. The Kier molecular flexibility index (Phi) is 4.64. The summed E-state index contributed by atoms with van der Waals surface area (Å²) in [5, 5.41) is 3.37. The number of rotatable bonds is 6. The van der Waals surface area contributed by atoms with Gasteiger partial charge in [-0.05, 0) is 19.0 Å². The van der Waals surface area contributed by atoms with Crippen LogP contribution in [0.25, 0.3) is 0 Å². The Morgan fingerprint density at radius 1 is 1.29 bits per heavy atom. The van der Waals surface area contributed by atoms with Crippen molar-refractivity contribution in [3.8, 4) is 11.5 Å². The molecule has 1 heterocycles. The van der Waals surface area contributed by atoms with Gasteiger partial charge in [-0.15, -0.1) is 0 Å². The van der Waals surface area contributed by atoms with E-state index < -0.39 is 0 Å². The summed E-state index contributed by atoms with van der Waals surface area (Å²) in [4.78, 5) is 0. The van der Waals surface area contributed by atoms with Crippen LogP contribution in [0.3, 0.4) is 0 Å². The van der Waals surface area contributed by atoms with E-state index in [2.05, 4.69) is 11.4 Å². The van der Waals surface area contributed by atoms with Gasteiger partial charge in [-0.2, -0.15) is 0 Å². The van der Waals surface area contributed by atoms with E-state index in [-0.39, 0.29) is 0 Å². The van der Waals surface area contributed by atoms with Crippen LogP contribution < -0.4 is 14.8 Å². The van der Waals surface area contributed by atoms with E-state index in [4.69, 9.17) is 14.2 Å². The molecule has 1 aliphatic heterocycles. The van der Waals surface area contributed by atoms with E-state index in [0.717, 1.165) is 43.2 Å². The van der Waals surface area contributed by atoms with Crippen LogP contribution in [0.15, 0.2) is 18.2 Å². The number of benzene rings is 1. The summed E-state index contributed by atoms with van der Waals surface area (Å²) >= 11 is 0. The second-order valence-electron chi connectivity index (χ2n) is 3.96.